The number of benzene rings is 3. The lowest BCUT2D eigenvalue weighted by Crippen LogP contribution is -2.29. The molecule has 0 bridgehead atoms. The Bertz CT molecular complexity index is 1380. The van der Waals surface area contributed by atoms with Crippen LogP contribution in [-0.2, 0) is 11.3 Å². The van der Waals surface area contributed by atoms with E-state index in [1.54, 1.807) is 42.5 Å². The third-order valence-electron chi connectivity index (χ3n) is 5.35. The van der Waals surface area contributed by atoms with Crippen LogP contribution in [0.25, 0.3) is 11.0 Å². The number of halogens is 2. The van der Waals surface area contributed by atoms with Gasteiger partial charge in [-0.25, -0.2) is 14.7 Å². The van der Waals surface area contributed by atoms with Gasteiger partial charge in [-0.1, -0.05) is 24.3 Å². The number of alkyl halides is 2. The van der Waals surface area contributed by atoms with Crippen LogP contribution in [0.5, 0.6) is 0 Å². The molecule has 4 aromatic rings. The molecule has 1 aliphatic heterocycles. The number of imide groups is 1. The summed E-state index contributed by atoms with van der Waals surface area (Å²) in [6.45, 7) is -3.29. The van der Waals surface area contributed by atoms with Crippen molar-refractivity contribution >= 4 is 34.5 Å². The van der Waals surface area contributed by atoms with E-state index in [9.17, 15) is 23.2 Å². The first-order valence-corrected chi connectivity index (χ1v) is 9.94. The summed E-state index contributed by atoms with van der Waals surface area (Å²) < 4.78 is 32.9. The number of carbonyl (C=O) groups excluding carboxylic acids is 3. The average Bonchev–Trinajstić information content (AvgIpc) is 3.33. The van der Waals surface area contributed by atoms with Gasteiger partial charge in [-0.3, -0.25) is 14.2 Å². The largest absolute Gasteiger partial charge is 0.454 e. The topological polar surface area (TPSA) is 81.5 Å². The molecule has 164 valence electrons. The normalized spacial score (nSPS) is 13.1. The molecule has 0 N–H and O–H groups in total. The van der Waals surface area contributed by atoms with Crippen LogP contribution in [0.1, 0.15) is 43.4 Å². The minimum atomic E-state index is -2.84. The smallest absolute Gasteiger partial charge is 0.338 e. The zero-order chi connectivity index (χ0) is 23.1. The average molecular weight is 447 g/mol. The molecule has 0 aliphatic carbocycles. The van der Waals surface area contributed by atoms with Crippen molar-refractivity contribution in [1.82, 2.24) is 9.55 Å². The number of ether oxygens (including phenoxy) is 1. The van der Waals surface area contributed by atoms with Crippen molar-refractivity contribution in [3.05, 3.63) is 95.3 Å². The molecule has 0 saturated heterocycles. The summed E-state index contributed by atoms with van der Waals surface area (Å²) in [7, 11) is 0. The molecular weight excluding hydrogens is 432 g/mol. The fourth-order valence-corrected chi connectivity index (χ4v) is 3.80. The van der Waals surface area contributed by atoms with Gasteiger partial charge in [-0.05, 0) is 48.5 Å². The number of anilines is 1. The number of esters is 1. The minimum Gasteiger partial charge on any atom is -0.454 e. The monoisotopic (exact) mass is 447 g/mol. The number of fused-ring (bicyclic) bond motifs is 2. The number of rotatable bonds is 5. The fraction of sp³-hybridized carbons (Fsp3) is 0.0833. The molecule has 0 unspecified atom stereocenters. The van der Waals surface area contributed by atoms with Crippen LogP contribution in [0, 0.1) is 0 Å². The van der Waals surface area contributed by atoms with E-state index in [0.717, 1.165) is 4.90 Å². The molecule has 0 spiro atoms. The summed E-state index contributed by atoms with van der Waals surface area (Å²) in [6, 6.07) is 18.6. The molecule has 0 fully saturated rings. The second-order valence-electron chi connectivity index (χ2n) is 7.28. The fourth-order valence-electron chi connectivity index (χ4n) is 3.80. The second kappa shape index (κ2) is 7.94. The van der Waals surface area contributed by atoms with Gasteiger partial charge in [-0.15, -0.1) is 0 Å². The molecule has 2 heterocycles. The van der Waals surface area contributed by atoms with Crippen LogP contribution in [0.2, 0.25) is 0 Å². The van der Waals surface area contributed by atoms with E-state index in [1.165, 1.54) is 30.3 Å². The Morgan fingerprint density at radius 3 is 2.12 bits per heavy atom. The van der Waals surface area contributed by atoms with Crippen molar-refractivity contribution in [1.29, 1.82) is 0 Å². The van der Waals surface area contributed by atoms with E-state index in [2.05, 4.69) is 4.98 Å². The highest BCUT2D eigenvalue weighted by atomic mass is 19.3. The summed E-state index contributed by atoms with van der Waals surface area (Å²) in [5, 5.41) is 0. The Balaban J connectivity index is 1.32. The van der Waals surface area contributed by atoms with Crippen LogP contribution in [0.4, 0.5) is 14.5 Å². The maximum absolute atomic E-state index is 13.5. The van der Waals surface area contributed by atoms with Gasteiger partial charge < -0.3 is 4.74 Å². The predicted octanol–water partition coefficient (Wildman–Crippen LogP) is 4.59. The predicted molar refractivity (Wildman–Crippen MR) is 114 cm³/mol. The Hall–Kier alpha value is -4.40. The van der Waals surface area contributed by atoms with Gasteiger partial charge in [0.1, 0.15) is 6.61 Å². The minimum absolute atomic E-state index is 0.0813. The third-order valence-corrected chi connectivity index (χ3v) is 5.35. The lowest BCUT2D eigenvalue weighted by Gasteiger charge is -2.14. The molecule has 1 aromatic heterocycles. The first-order valence-electron chi connectivity index (χ1n) is 9.94. The highest BCUT2D eigenvalue weighted by Crippen LogP contribution is 2.29. The van der Waals surface area contributed by atoms with Crippen LogP contribution in [-0.4, -0.2) is 27.3 Å². The van der Waals surface area contributed by atoms with Crippen LogP contribution in [0.3, 0.4) is 0 Å². The Kier molecular flexibility index (Phi) is 4.93. The van der Waals surface area contributed by atoms with Crippen LogP contribution >= 0.6 is 0 Å². The number of hydrogen-bond acceptors (Lipinski definition) is 5. The molecule has 0 radical (unpaired) electrons. The first-order chi connectivity index (χ1) is 16.0. The summed E-state index contributed by atoms with van der Waals surface area (Å²) in [5.74, 6) is -1.73. The van der Waals surface area contributed by atoms with E-state index >= 15 is 0 Å². The van der Waals surface area contributed by atoms with Crippen molar-refractivity contribution < 1.29 is 27.9 Å². The quantitative estimate of drug-likeness (QED) is 0.330. The highest BCUT2D eigenvalue weighted by Gasteiger charge is 2.36. The van der Waals surface area contributed by atoms with Crippen molar-refractivity contribution in [2.75, 3.05) is 4.90 Å². The number of amides is 2. The van der Waals surface area contributed by atoms with E-state index < -0.39 is 30.9 Å². The molecule has 3 aromatic carbocycles. The highest BCUT2D eigenvalue weighted by molar-refractivity contribution is 6.34. The third kappa shape index (κ3) is 3.43. The van der Waals surface area contributed by atoms with Gasteiger partial charge in [0, 0.05) is 0 Å². The van der Waals surface area contributed by atoms with Crippen molar-refractivity contribution in [2.45, 2.75) is 13.2 Å². The van der Waals surface area contributed by atoms with Crippen LogP contribution in [0.15, 0.2) is 72.8 Å². The second-order valence-corrected chi connectivity index (χ2v) is 7.28. The number of imidazole rings is 1. The Morgan fingerprint density at radius 2 is 1.48 bits per heavy atom. The summed E-state index contributed by atoms with van der Waals surface area (Å²) >= 11 is 0. The van der Waals surface area contributed by atoms with Crippen LogP contribution < -0.4 is 4.90 Å². The number of carbonyl (C=O) groups is 3. The lowest BCUT2D eigenvalue weighted by atomic mass is 10.1. The van der Waals surface area contributed by atoms with Gasteiger partial charge in [-0.2, -0.15) is 8.78 Å². The summed E-state index contributed by atoms with van der Waals surface area (Å²) in [5.41, 5.74) is 1.67. The van der Waals surface area contributed by atoms with Crippen molar-refractivity contribution in [3.63, 3.8) is 0 Å². The molecule has 5 rings (SSSR count). The Morgan fingerprint density at radius 1 is 0.879 bits per heavy atom. The molecule has 9 heteroatoms. The van der Waals surface area contributed by atoms with Gasteiger partial charge >= 0.3 is 12.5 Å². The number of nitrogens with zero attached hydrogens (tertiary/aromatic N) is 3. The molecule has 2 amide bonds. The van der Waals surface area contributed by atoms with Crippen molar-refractivity contribution in [2.24, 2.45) is 0 Å². The van der Waals surface area contributed by atoms with E-state index in [1.807, 2.05) is 0 Å². The Labute approximate surface area is 185 Å². The number of aromatic nitrogens is 2. The van der Waals surface area contributed by atoms with Gasteiger partial charge in [0.15, 0.2) is 5.82 Å². The molecular formula is C24H15F2N3O4. The summed E-state index contributed by atoms with van der Waals surface area (Å²) in [4.78, 5) is 42.8. The van der Waals surface area contributed by atoms with Gasteiger partial charge in [0.2, 0.25) is 0 Å². The molecule has 7 nitrogen and oxygen atoms in total. The SMILES string of the molecule is O=C(OCc1nc2ccccc2n1C(F)F)c1ccc(N2C(=O)c3ccccc3C2=O)cc1. The van der Waals surface area contributed by atoms with E-state index in [-0.39, 0.29) is 16.9 Å². The molecule has 1 aliphatic rings. The molecule has 0 saturated carbocycles. The zero-order valence-electron chi connectivity index (χ0n) is 16.9. The van der Waals surface area contributed by atoms with Gasteiger partial charge in [0.25, 0.3) is 11.8 Å². The van der Waals surface area contributed by atoms with E-state index in [0.29, 0.717) is 26.9 Å². The maximum atomic E-state index is 13.5. The molecule has 0 atom stereocenters. The number of para-hydroxylation sites is 2. The number of hydrogen-bond donors (Lipinski definition) is 0. The standard InChI is InChI=1S/C24H15F2N3O4/c25-24(26)29-19-8-4-3-7-18(19)27-20(29)13-33-23(32)14-9-11-15(12-10-14)28-21(30)16-5-1-2-6-17(16)22(28)31/h1-12,24H,13H2. The van der Waals surface area contributed by atoms with Gasteiger partial charge in [0.05, 0.1) is 33.4 Å². The molecule has 33 heavy (non-hydrogen) atoms. The zero-order valence-corrected chi connectivity index (χ0v) is 16.9. The first kappa shape index (κ1) is 20.5. The van der Waals surface area contributed by atoms with E-state index in [4.69, 9.17) is 4.74 Å². The summed E-state index contributed by atoms with van der Waals surface area (Å²) in [6.07, 6.45) is 0. The van der Waals surface area contributed by atoms with Crippen molar-refractivity contribution in [3.8, 4) is 0 Å². The lowest BCUT2D eigenvalue weighted by molar-refractivity contribution is 0.0387. The maximum Gasteiger partial charge on any atom is 0.338 e.